The second kappa shape index (κ2) is 44.5. The van der Waals surface area contributed by atoms with Crippen molar-refractivity contribution in [2.45, 2.75) is 284 Å². The molecule has 0 saturated heterocycles. The van der Waals surface area contributed by atoms with Crippen molar-refractivity contribution >= 4 is 17.9 Å². The molecule has 0 spiro atoms. The number of carbonyl (C=O) groups excluding carboxylic acids is 3. The van der Waals surface area contributed by atoms with Gasteiger partial charge in [-0.3, -0.25) is 14.4 Å². The van der Waals surface area contributed by atoms with Crippen molar-refractivity contribution in [2.75, 3.05) is 13.2 Å². The average molecular weight is 793 g/mol. The summed E-state index contributed by atoms with van der Waals surface area (Å²) in [5.41, 5.74) is 0. The number of rotatable bonds is 45. The quantitative estimate of drug-likeness (QED) is 0.0347. The maximum absolute atomic E-state index is 12.6. The third kappa shape index (κ3) is 43.5. The highest BCUT2D eigenvalue weighted by Gasteiger charge is 2.19. The standard InChI is InChI=1S/C50H96O6/c1-5-7-9-11-12-13-14-15-16-17-18-19-20-21-24-27-30-34-37-41-48(51)54-44-47(56-50(53)43-39-32-10-8-6-2)45-55-49(52)42-38-35-31-28-25-22-23-26-29-33-36-40-46(3)4/h46-47H,5-45H2,1-4H3/t47-/m1/s1. The first-order chi connectivity index (χ1) is 27.4. The summed E-state index contributed by atoms with van der Waals surface area (Å²) in [7, 11) is 0. The van der Waals surface area contributed by atoms with Crippen LogP contribution in [0.5, 0.6) is 0 Å². The summed E-state index contributed by atoms with van der Waals surface area (Å²) in [4.78, 5) is 37.6. The van der Waals surface area contributed by atoms with Gasteiger partial charge in [0.15, 0.2) is 6.10 Å². The Labute approximate surface area is 348 Å². The topological polar surface area (TPSA) is 78.9 Å². The molecule has 0 amide bonds. The van der Waals surface area contributed by atoms with E-state index in [2.05, 4.69) is 27.7 Å². The highest BCUT2D eigenvalue weighted by atomic mass is 16.6. The molecule has 6 heteroatoms. The van der Waals surface area contributed by atoms with E-state index in [-0.39, 0.29) is 31.1 Å². The monoisotopic (exact) mass is 793 g/mol. The molecule has 0 aliphatic carbocycles. The van der Waals surface area contributed by atoms with Gasteiger partial charge in [-0.25, -0.2) is 0 Å². The average Bonchev–Trinajstić information content (AvgIpc) is 3.18. The third-order valence-electron chi connectivity index (χ3n) is 11.3. The van der Waals surface area contributed by atoms with Gasteiger partial charge in [0.05, 0.1) is 0 Å². The normalized spacial score (nSPS) is 11.9. The van der Waals surface area contributed by atoms with E-state index in [9.17, 15) is 14.4 Å². The van der Waals surface area contributed by atoms with E-state index in [1.807, 2.05) is 0 Å². The van der Waals surface area contributed by atoms with Crippen molar-refractivity contribution in [1.82, 2.24) is 0 Å². The predicted molar refractivity (Wildman–Crippen MR) is 238 cm³/mol. The van der Waals surface area contributed by atoms with Crippen LogP contribution < -0.4 is 0 Å². The van der Waals surface area contributed by atoms with Crippen LogP contribution in [0.3, 0.4) is 0 Å². The number of unbranched alkanes of at least 4 members (excludes halogenated alkanes) is 32. The summed E-state index contributed by atoms with van der Waals surface area (Å²) in [6, 6.07) is 0. The van der Waals surface area contributed by atoms with Crippen LogP contribution in [0.25, 0.3) is 0 Å². The summed E-state index contributed by atoms with van der Waals surface area (Å²) >= 11 is 0. The van der Waals surface area contributed by atoms with E-state index in [1.54, 1.807) is 0 Å². The van der Waals surface area contributed by atoms with Crippen LogP contribution in [0.15, 0.2) is 0 Å². The lowest BCUT2D eigenvalue weighted by Gasteiger charge is -2.18. The molecule has 0 rings (SSSR count). The summed E-state index contributed by atoms with van der Waals surface area (Å²) in [5, 5.41) is 0. The Morgan fingerprint density at radius 3 is 0.875 bits per heavy atom. The molecule has 0 bridgehead atoms. The first-order valence-electron chi connectivity index (χ1n) is 24.9. The number of esters is 3. The Kier molecular flexibility index (Phi) is 43.2. The highest BCUT2D eigenvalue weighted by molar-refractivity contribution is 5.71. The fraction of sp³-hybridized carbons (Fsp3) is 0.940. The zero-order chi connectivity index (χ0) is 41.0. The molecule has 6 nitrogen and oxygen atoms in total. The van der Waals surface area contributed by atoms with E-state index >= 15 is 0 Å². The van der Waals surface area contributed by atoms with Gasteiger partial charge in [-0.05, 0) is 25.2 Å². The summed E-state index contributed by atoms with van der Waals surface area (Å²) in [6.45, 7) is 8.93. The van der Waals surface area contributed by atoms with Crippen molar-refractivity contribution in [2.24, 2.45) is 5.92 Å². The number of ether oxygens (including phenoxy) is 3. The highest BCUT2D eigenvalue weighted by Crippen LogP contribution is 2.17. The second-order valence-electron chi connectivity index (χ2n) is 17.6. The Hall–Kier alpha value is -1.59. The molecule has 1 atom stereocenters. The van der Waals surface area contributed by atoms with E-state index in [1.165, 1.54) is 167 Å². The van der Waals surface area contributed by atoms with E-state index in [0.717, 1.165) is 70.1 Å². The lowest BCUT2D eigenvalue weighted by atomic mass is 10.0. The molecule has 0 N–H and O–H groups in total. The Bertz CT molecular complexity index is 841. The molecule has 0 aliphatic heterocycles. The lowest BCUT2D eigenvalue weighted by molar-refractivity contribution is -0.167. The lowest BCUT2D eigenvalue weighted by Crippen LogP contribution is -2.30. The first kappa shape index (κ1) is 54.4. The molecule has 0 heterocycles. The molecule has 0 aliphatic rings. The van der Waals surface area contributed by atoms with Crippen LogP contribution in [-0.2, 0) is 28.6 Å². The fourth-order valence-corrected chi connectivity index (χ4v) is 7.51. The van der Waals surface area contributed by atoms with Crippen molar-refractivity contribution < 1.29 is 28.6 Å². The van der Waals surface area contributed by atoms with E-state index in [0.29, 0.717) is 19.3 Å². The van der Waals surface area contributed by atoms with Crippen molar-refractivity contribution in [3.8, 4) is 0 Å². The summed E-state index contributed by atoms with van der Waals surface area (Å²) in [6.07, 6.45) is 45.6. The van der Waals surface area contributed by atoms with Crippen LogP contribution in [-0.4, -0.2) is 37.2 Å². The summed E-state index contributed by atoms with van der Waals surface area (Å²) < 4.78 is 16.6. The minimum Gasteiger partial charge on any atom is -0.462 e. The van der Waals surface area contributed by atoms with Gasteiger partial charge in [-0.2, -0.15) is 0 Å². The molecule has 0 saturated carbocycles. The second-order valence-corrected chi connectivity index (χ2v) is 17.6. The van der Waals surface area contributed by atoms with Crippen LogP contribution in [0.2, 0.25) is 0 Å². The van der Waals surface area contributed by atoms with Gasteiger partial charge in [0.25, 0.3) is 0 Å². The van der Waals surface area contributed by atoms with Gasteiger partial charge in [0.2, 0.25) is 0 Å². The van der Waals surface area contributed by atoms with Crippen LogP contribution in [0.4, 0.5) is 0 Å². The molecule has 0 fully saturated rings. The number of hydrogen-bond donors (Lipinski definition) is 0. The minimum absolute atomic E-state index is 0.0647. The molecule has 0 aromatic rings. The van der Waals surface area contributed by atoms with Crippen molar-refractivity contribution in [1.29, 1.82) is 0 Å². The largest absolute Gasteiger partial charge is 0.462 e. The number of hydrogen-bond acceptors (Lipinski definition) is 6. The Morgan fingerprint density at radius 1 is 0.339 bits per heavy atom. The maximum Gasteiger partial charge on any atom is 0.306 e. The van der Waals surface area contributed by atoms with E-state index in [4.69, 9.17) is 14.2 Å². The van der Waals surface area contributed by atoms with Crippen LogP contribution >= 0.6 is 0 Å². The maximum atomic E-state index is 12.6. The van der Waals surface area contributed by atoms with Crippen LogP contribution in [0, 0.1) is 5.92 Å². The number of carbonyl (C=O) groups is 3. The van der Waals surface area contributed by atoms with Gasteiger partial charge in [0, 0.05) is 19.3 Å². The molecular formula is C50H96O6. The molecule has 0 unspecified atom stereocenters. The van der Waals surface area contributed by atoms with Crippen LogP contribution in [0.1, 0.15) is 278 Å². The third-order valence-corrected chi connectivity index (χ3v) is 11.3. The van der Waals surface area contributed by atoms with Gasteiger partial charge < -0.3 is 14.2 Å². The van der Waals surface area contributed by atoms with Gasteiger partial charge >= 0.3 is 17.9 Å². The molecule has 0 aromatic carbocycles. The first-order valence-corrected chi connectivity index (χ1v) is 24.9. The minimum atomic E-state index is -0.758. The molecule has 0 radical (unpaired) electrons. The zero-order valence-electron chi connectivity index (χ0n) is 38.1. The summed E-state index contributed by atoms with van der Waals surface area (Å²) in [5.74, 6) is -0.0369. The Morgan fingerprint density at radius 2 is 0.589 bits per heavy atom. The fourth-order valence-electron chi connectivity index (χ4n) is 7.51. The Balaban J connectivity index is 4.05. The van der Waals surface area contributed by atoms with Gasteiger partial charge in [0.1, 0.15) is 13.2 Å². The predicted octanol–water partition coefficient (Wildman–Crippen LogP) is 15.9. The molecule has 56 heavy (non-hydrogen) atoms. The molecule has 0 aromatic heterocycles. The SMILES string of the molecule is CCCCCCCCCCCCCCCCCCCCCC(=O)OC[C@H](COC(=O)CCCCCCCCCCCCCC(C)C)OC(=O)CCCCCCC. The van der Waals surface area contributed by atoms with Gasteiger partial charge in [-0.15, -0.1) is 0 Å². The zero-order valence-corrected chi connectivity index (χ0v) is 38.1. The molecular weight excluding hydrogens is 697 g/mol. The smallest absolute Gasteiger partial charge is 0.306 e. The van der Waals surface area contributed by atoms with Crippen molar-refractivity contribution in [3.05, 3.63) is 0 Å². The van der Waals surface area contributed by atoms with Crippen molar-refractivity contribution in [3.63, 3.8) is 0 Å². The van der Waals surface area contributed by atoms with E-state index < -0.39 is 6.10 Å². The van der Waals surface area contributed by atoms with Gasteiger partial charge in [-0.1, -0.05) is 240 Å². The molecule has 332 valence electrons.